The van der Waals surface area contributed by atoms with Gasteiger partial charge in [-0.15, -0.1) is 12.4 Å². The van der Waals surface area contributed by atoms with Gasteiger partial charge in [-0.3, -0.25) is 0 Å². The number of thioether (sulfide) groups is 1. The van der Waals surface area contributed by atoms with Gasteiger partial charge in [-0.2, -0.15) is 11.8 Å². The van der Waals surface area contributed by atoms with E-state index in [1.807, 2.05) is 23.9 Å². The van der Waals surface area contributed by atoms with E-state index in [1.165, 1.54) is 22.7 Å². The first-order chi connectivity index (χ1) is 10.1. The Morgan fingerprint density at radius 1 is 1.23 bits per heavy atom. The fourth-order valence-electron chi connectivity index (χ4n) is 2.83. The van der Waals surface area contributed by atoms with E-state index in [9.17, 15) is 4.39 Å². The first-order valence-electron chi connectivity index (χ1n) is 7.35. The lowest BCUT2D eigenvalue weighted by Gasteiger charge is -2.19. The van der Waals surface area contributed by atoms with Gasteiger partial charge in [-0.05, 0) is 67.7 Å². The molecule has 5 heteroatoms. The SMILES string of the molecule is CN(C)CCn1c(-c2ccc(F)cc2)cc2c1CCSC2.Cl. The third-order valence-electron chi connectivity index (χ3n) is 3.95. The van der Waals surface area contributed by atoms with Crippen molar-refractivity contribution in [2.45, 2.75) is 18.7 Å². The van der Waals surface area contributed by atoms with Crippen molar-refractivity contribution in [2.75, 3.05) is 26.4 Å². The van der Waals surface area contributed by atoms with Gasteiger partial charge in [0, 0.05) is 30.2 Å². The van der Waals surface area contributed by atoms with Crippen LogP contribution in [0.5, 0.6) is 0 Å². The molecule has 2 nitrogen and oxygen atoms in total. The molecule has 0 saturated carbocycles. The van der Waals surface area contributed by atoms with Gasteiger partial charge >= 0.3 is 0 Å². The zero-order valence-corrected chi connectivity index (χ0v) is 14.6. The number of benzene rings is 1. The molecule has 0 saturated heterocycles. The zero-order chi connectivity index (χ0) is 14.8. The lowest BCUT2D eigenvalue weighted by molar-refractivity contribution is 0.382. The molecule has 2 aromatic rings. The number of hydrogen-bond donors (Lipinski definition) is 0. The number of aromatic nitrogens is 1. The Kier molecular flexibility index (Phi) is 5.95. The van der Waals surface area contributed by atoms with Gasteiger partial charge in [-0.25, -0.2) is 4.39 Å². The Hall–Kier alpha value is -0.970. The van der Waals surface area contributed by atoms with Gasteiger partial charge < -0.3 is 9.47 Å². The van der Waals surface area contributed by atoms with Crippen LogP contribution < -0.4 is 0 Å². The quantitative estimate of drug-likeness (QED) is 0.829. The lowest BCUT2D eigenvalue weighted by atomic mass is 10.1. The van der Waals surface area contributed by atoms with E-state index in [0.717, 1.165) is 30.8 Å². The highest BCUT2D eigenvalue weighted by Crippen LogP contribution is 2.32. The number of halogens is 2. The largest absolute Gasteiger partial charge is 0.343 e. The van der Waals surface area contributed by atoms with Crippen LogP contribution in [0.4, 0.5) is 4.39 Å². The van der Waals surface area contributed by atoms with Crippen molar-refractivity contribution in [1.29, 1.82) is 0 Å². The second kappa shape index (κ2) is 7.53. The highest BCUT2D eigenvalue weighted by molar-refractivity contribution is 7.98. The predicted molar refractivity (Wildman–Crippen MR) is 95.5 cm³/mol. The molecule has 3 rings (SSSR count). The van der Waals surface area contributed by atoms with E-state index in [1.54, 1.807) is 12.1 Å². The molecule has 0 amide bonds. The van der Waals surface area contributed by atoms with Gasteiger partial charge in [0.05, 0.1) is 0 Å². The number of rotatable bonds is 4. The molecule has 0 aliphatic carbocycles. The highest BCUT2D eigenvalue weighted by atomic mass is 35.5. The van der Waals surface area contributed by atoms with Crippen molar-refractivity contribution in [3.63, 3.8) is 0 Å². The molecule has 0 spiro atoms. The Labute approximate surface area is 142 Å². The van der Waals surface area contributed by atoms with Crippen LogP contribution >= 0.6 is 24.2 Å². The molecule has 0 bridgehead atoms. The van der Waals surface area contributed by atoms with Crippen molar-refractivity contribution in [2.24, 2.45) is 0 Å². The smallest absolute Gasteiger partial charge is 0.123 e. The minimum absolute atomic E-state index is 0. The molecule has 0 radical (unpaired) electrons. The van der Waals surface area contributed by atoms with Crippen LogP contribution in [0.2, 0.25) is 0 Å². The van der Waals surface area contributed by atoms with Crippen LogP contribution in [0.25, 0.3) is 11.3 Å². The third kappa shape index (κ3) is 3.67. The second-order valence-corrected chi connectivity index (χ2v) is 6.87. The zero-order valence-electron chi connectivity index (χ0n) is 13.0. The van der Waals surface area contributed by atoms with Crippen LogP contribution in [0.15, 0.2) is 30.3 Å². The molecular formula is C17H22ClFN2S. The standard InChI is InChI=1S/C17H21FN2S.ClH/c1-19(2)8-9-20-16-7-10-21-12-14(16)11-17(20)13-3-5-15(18)6-4-13;/h3-6,11H,7-10,12H2,1-2H3;1H. The maximum atomic E-state index is 13.2. The molecule has 120 valence electrons. The molecule has 1 aromatic heterocycles. The summed E-state index contributed by atoms with van der Waals surface area (Å²) in [6.45, 7) is 2.00. The maximum Gasteiger partial charge on any atom is 0.123 e. The Bertz CT molecular complexity index is 622. The Morgan fingerprint density at radius 3 is 2.64 bits per heavy atom. The summed E-state index contributed by atoms with van der Waals surface area (Å²) in [6.07, 6.45) is 1.13. The molecular weight excluding hydrogens is 319 g/mol. The molecule has 1 aliphatic heterocycles. The summed E-state index contributed by atoms with van der Waals surface area (Å²) >= 11 is 2.00. The first-order valence-corrected chi connectivity index (χ1v) is 8.50. The van der Waals surface area contributed by atoms with Crippen molar-refractivity contribution in [3.8, 4) is 11.3 Å². The summed E-state index contributed by atoms with van der Waals surface area (Å²) in [4.78, 5) is 2.21. The average Bonchev–Trinajstić information content (AvgIpc) is 2.84. The molecule has 0 N–H and O–H groups in total. The normalized spacial score (nSPS) is 13.8. The van der Waals surface area contributed by atoms with Gasteiger partial charge in [0.2, 0.25) is 0 Å². The van der Waals surface area contributed by atoms with Crippen molar-refractivity contribution in [1.82, 2.24) is 9.47 Å². The van der Waals surface area contributed by atoms with Gasteiger partial charge in [0.15, 0.2) is 0 Å². The second-order valence-electron chi connectivity index (χ2n) is 5.77. The fourth-order valence-corrected chi connectivity index (χ4v) is 3.78. The monoisotopic (exact) mass is 340 g/mol. The maximum absolute atomic E-state index is 13.2. The van der Waals surface area contributed by atoms with Crippen LogP contribution in [0.1, 0.15) is 11.3 Å². The summed E-state index contributed by atoms with van der Waals surface area (Å²) in [5.41, 5.74) is 5.25. The van der Waals surface area contributed by atoms with Crippen LogP contribution in [-0.2, 0) is 18.7 Å². The summed E-state index contributed by atoms with van der Waals surface area (Å²) in [7, 11) is 4.20. The Morgan fingerprint density at radius 2 is 1.95 bits per heavy atom. The average molecular weight is 341 g/mol. The van der Waals surface area contributed by atoms with Crippen molar-refractivity contribution < 1.29 is 4.39 Å². The van der Waals surface area contributed by atoms with E-state index in [2.05, 4.69) is 29.6 Å². The fraction of sp³-hybridized carbons (Fsp3) is 0.412. The van der Waals surface area contributed by atoms with Gasteiger partial charge in [-0.1, -0.05) is 0 Å². The predicted octanol–water partition coefficient (Wildman–Crippen LogP) is 4.07. The molecule has 1 aromatic carbocycles. The van der Waals surface area contributed by atoms with Crippen molar-refractivity contribution in [3.05, 3.63) is 47.4 Å². The number of nitrogens with zero attached hydrogens (tertiary/aromatic N) is 2. The van der Waals surface area contributed by atoms with Gasteiger partial charge in [0.25, 0.3) is 0 Å². The van der Waals surface area contributed by atoms with E-state index >= 15 is 0 Å². The van der Waals surface area contributed by atoms with E-state index in [-0.39, 0.29) is 18.2 Å². The minimum Gasteiger partial charge on any atom is -0.343 e. The topological polar surface area (TPSA) is 8.17 Å². The molecule has 0 atom stereocenters. The highest BCUT2D eigenvalue weighted by Gasteiger charge is 2.19. The van der Waals surface area contributed by atoms with Crippen LogP contribution in [0, 0.1) is 5.82 Å². The summed E-state index contributed by atoms with van der Waals surface area (Å²) in [5.74, 6) is 2.12. The third-order valence-corrected chi connectivity index (χ3v) is 4.96. The lowest BCUT2D eigenvalue weighted by Crippen LogP contribution is -2.20. The number of likely N-dealkylation sites (N-methyl/N-ethyl adjacent to an activating group) is 1. The summed E-state index contributed by atoms with van der Waals surface area (Å²) < 4.78 is 15.6. The summed E-state index contributed by atoms with van der Waals surface area (Å²) in [5, 5.41) is 0. The number of hydrogen-bond acceptors (Lipinski definition) is 2. The van der Waals surface area contributed by atoms with E-state index in [0.29, 0.717) is 0 Å². The van der Waals surface area contributed by atoms with Crippen molar-refractivity contribution >= 4 is 24.2 Å². The molecule has 22 heavy (non-hydrogen) atoms. The molecule has 2 heterocycles. The summed E-state index contributed by atoms with van der Waals surface area (Å²) in [6, 6.07) is 9.16. The van der Waals surface area contributed by atoms with Crippen LogP contribution in [-0.4, -0.2) is 35.9 Å². The first kappa shape index (κ1) is 17.4. The van der Waals surface area contributed by atoms with Crippen LogP contribution in [0.3, 0.4) is 0 Å². The van der Waals surface area contributed by atoms with Gasteiger partial charge in [0.1, 0.15) is 5.82 Å². The Balaban J connectivity index is 0.00000176. The molecule has 0 fully saturated rings. The van der Waals surface area contributed by atoms with E-state index in [4.69, 9.17) is 0 Å². The molecule has 1 aliphatic rings. The minimum atomic E-state index is -0.175. The molecule has 0 unspecified atom stereocenters. The van der Waals surface area contributed by atoms with E-state index < -0.39 is 0 Å². The number of fused-ring (bicyclic) bond motifs is 1.